The summed E-state index contributed by atoms with van der Waals surface area (Å²) in [7, 11) is 0. The molecule has 2 nitrogen and oxygen atoms in total. The first-order valence-corrected chi connectivity index (χ1v) is 4.31. The maximum absolute atomic E-state index is 9.33. The second-order valence-corrected chi connectivity index (χ2v) is 4.41. The van der Waals surface area contributed by atoms with Gasteiger partial charge >= 0.3 is 0 Å². The SMILES string of the molecule is CC(C)(C)c1csc(O)c1O. The Balaban J connectivity index is 3.15. The van der Waals surface area contributed by atoms with Crippen LogP contribution in [0.15, 0.2) is 5.38 Å². The van der Waals surface area contributed by atoms with Crippen molar-refractivity contribution in [2.45, 2.75) is 26.2 Å². The minimum absolute atomic E-state index is 0.00919. The summed E-state index contributed by atoms with van der Waals surface area (Å²) in [6, 6.07) is 0. The minimum atomic E-state index is -0.0957. The summed E-state index contributed by atoms with van der Waals surface area (Å²) in [6.45, 7) is 5.98. The summed E-state index contributed by atoms with van der Waals surface area (Å²) >= 11 is 1.16. The average molecular weight is 172 g/mol. The van der Waals surface area contributed by atoms with Crippen LogP contribution in [-0.4, -0.2) is 10.2 Å². The lowest BCUT2D eigenvalue weighted by Crippen LogP contribution is -2.09. The van der Waals surface area contributed by atoms with E-state index < -0.39 is 0 Å². The highest BCUT2D eigenvalue weighted by Gasteiger charge is 2.21. The molecule has 0 saturated heterocycles. The van der Waals surface area contributed by atoms with Crippen LogP contribution >= 0.6 is 11.3 Å². The summed E-state index contributed by atoms with van der Waals surface area (Å²) < 4.78 is 0. The highest BCUT2D eigenvalue weighted by molar-refractivity contribution is 7.12. The normalized spacial score (nSPS) is 11.9. The molecule has 0 radical (unpaired) electrons. The summed E-state index contributed by atoms with van der Waals surface area (Å²) in [5.74, 6) is 0.0301. The van der Waals surface area contributed by atoms with E-state index in [0.29, 0.717) is 0 Å². The second kappa shape index (κ2) is 2.41. The minimum Gasteiger partial charge on any atom is -0.503 e. The van der Waals surface area contributed by atoms with Crippen LogP contribution in [0.25, 0.3) is 0 Å². The van der Waals surface area contributed by atoms with E-state index in [4.69, 9.17) is 5.11 Å². The number of aromatic hydroxyl groups is 2. The van der Waals surface area contributed by atoms with Crippen molar-refractivity contribution in [1.82, 2.24) is 0 Å². The van der Waals surface area contributed by atoms with Crippen molar-refractivity contribution in [2.24, 2.45) is 0 Å². The van der Waals surface area contributed by atoms with Crippen molar-refractivity contribution in [2.75, 3.05) is 0 Å². The lowest BCUT2D eigenvalue weighted by molar-refractivity contribution is 0.401. The van der Waals surface area contributed by atoms with Gasteiger partial charge in [0.15, 0.2) is 5.75 Å². The van der Waals surface area contributed by atoms with Gasteiger partial charge in [-0.2, -0.15) is 0 Å². The van der Waals surface area contributed by atoms with Gasteiger partial charge in [0.1, 0.15) is 0 Å². The Bertz CT molecular complexity index is 258. The fourth-order valence-electron chi connectivity index (χ4n) is 0.874. The molecule has 1 rings (SSSR count). The standard InChI is InChI=1S/C8H12O2S/c1-8(2,3)5-4-11-7(10)6(5)9/h4,9-10H,1-3H3. The maximum Gasteiger partial charge on any atom is 0.214 e. The fourth-order valence-corrected chi connectivity index (χ4v) is 1.79. The first kappa shape index (κ1) is 8.40. The van der Waals surface area contributed by atoms with Gasteiger partial charge in [-0.3, -0.25) is 0 Å². The Morgan fingerprint density at radius 3 is 2.00 bits per heavy atom. The highest BCUT2D eigenvalue weighted by Crippen LogP contribution is 2.41. The van der Waals surface area contributed by atoms with Crippen molar-refractivity contribution >= 4 is 11.3 Å². The molecule has 0 atom stereocenters. The van der Waals surface area contributed by atoms with Crippen molar-refractivity contribution < 1.29 is 10.2 Å². The van der Waals surface area contributed by atoms with Gasteiger partial charge in [-0.15, -0.1) is 11.3 Å². The van der Waals surface area contributed by atoms with Gasteiger partial charge in [0.2, 0.25) is 5.06 Å². The topological polar surface area (TPSA) is 40.5 Å². The van der Waals surface area contributed by atoms with Crippen molar-refractivity contribution in [3.05, 3.63) is 10.9 Å². The van der Waals surface area contributed by atoms with E-state index in [2.05, 4.69) is 0 Å². The molecule has 1 aromatic heterocycles. The van der Waals surface area contributed by atoms with Gasteiger partial charge in [0.25, 0.3) is 0 Å². The Morgan fingerprint density at radius 2 is 1.82 bits per heavy atom. The molecule has 0 bridgehead atoms. The number of hydrogen-bond donors (Lipinski definition) is 2. The van der Waals surface area contributed by atoms with E-state index in [-0.39, 0.29) is 16.2 Å². The summed E-state index contributed by atoms with van der Waals surface area (Å²) in [5, 5.41) is 20.2. The molecular formula is C8H12O2S. The van der Waals surface area contributed by atoms with E-state index in [1.165, 1.54) is 0 Å². The molecule has 0 aromatic carbocycles. The van der Waals surface area contributed by atoms with Crippen LogP contribution in [0.2, 0.25) is 0 Å². The van der Waals surface area contributed by atoms with E-state index >= 15 is 0 Å². The zero-order valence-electron chi connectivity index (χ0n) is 6.88. The van der Waals surface area contributed by atoms with Crippen molar-refractivity contribution in [3.63, 3.8) is 0 Å². The van der Waals surface area contributed by atoms with Crippen LogP contribution in [0.4, 0.5) is 0 Å². The Morgan fingerprint density at radius 1 is 1.27 bits per heavy atom. The molecule has 3 heteroatoms. The molecule has 62 valence electrons. The van der Waals surface area contributed by atoms with Crippen molar-refractivity contribution in [1.29, 1.82) is 0 Å². The van der Waals surface area contributed by atoms with Gasteiger partial charge in [0.05, 0.1) is 0 Å². The fraction of sp³-hybridized carbons (Fsp3) is 0.500. The van der Waals surface area contributed by atoms with Crippen LogP contribution in [0.5, 0.6) is 10.8 Å². The largest absolute Gasteiger partial charge is 0.503 e. The maximum atomic E-state index is 9.33. The lowest BCUT2D eigenvalue weighted by atomic mass is 9.89. The van der Waals surface area contributed by atoms with E-state index in [1.54, 1.807) is 5.38 Å². The Kier molecular flexibility index (Phi) is 1.84. The first-order valence-electron chi connectivity index (χ1n) is 3.43. The molecule has 0 spiro atoms. The highest BCUT2D eigenvalue weighted by atomic mass is 32.1. The van der Waals surface area contributed by atoms with Crippen LogP contribution in [0.3, 0.4) is 0 Å². The van der Waals surface area contributed by atoms with E-state index in [1.807, 2.05) is 20.8 Å². The van der Waals surface area contributed by atoms with Crippen LogP contribution in [0.1, 0.15) is 26.3 Å². The summed E-state index contributed by atoms with van der Waals surface area (Å²) in [5.41, 5.74) is 0.710. The lowest BCUT2D eigenvalue weighted by Gasteiger charge is -2.16. The van der Waals surface area contributed by atoms with Crippen LogP contribution in [-0.2, 0) is 5.41 Å². The molecule has 0 amide bonds. The van der Waals surface area contributed by atoms with Crippen molar-refractivity contribution in [3.8, 4) is 10.8 Å². The second-order valence-electron chi connectivity index (χ2n) is 3.55. The monoisotopic (exact) mass is 172 g/mol. The molecule has 0 aliphatic rings. The molecular weight excluding hydrogens is 160 g/mol. The van der Waals surface area contributed by atoms with Gasteiger partial charge < -0.3 is 10.2 Å². The zero-order valence-corrected chi connectivity index (χ0v) is 7.70. The summed E-state index contributed by atoms with van der Waals surface area (Å²) in [6.07, 6.45) is 0. The Labute approximate surface area is 70.1 Å². The quantitative estimate of drug-likeness (QED) is 0.631. The number of thiophene rings is 1. The van der Waals surface area contributed by atoms with Gasteiger partial charge in [0, 0.05) is 10.9 Å². The smallest absolute Gasteiger partial charge is 0.214 e. The van der Waals surface area contributed by atoms with Crippen LogP contribution < -0.4 is 0 Å². The molecule has 2 N–H and O–H groups in total. The van der Waals surface area contributed by atoms with E-state index in [9.17, 15) is 5.11 Å². The third kappa shape index (κ3) is 1.48. The Hall–Kier alpha value is -0.700. The third-order valence-electron chi connectivity index (χ3n) is 1.55. The number of rotatable bonds is 0. The van der Waals surface area contributed by atoms with Gasteiger partial charge in [-0.1, -0.05) is 20.8 Å². The first-order chi connectivity index (χ1) is 4.93. The molecule has 0 saturated carbocycles. The molecule has 0 aliphatic heterocycles. The molecule has 11 heavy (non-hydrogen) atoms. The molecule has 0 unspecified atom stereocenters. The summed E-state index contributed by atoms with van der Waals surface area (Å²) in [4.78, 5) is 0. The van der Waals surface area contributed by atoms with Gasteiger partial charge in [-0.25, -0.2) is 0 Å². The van der Waals surface area contributed by atoms with Crippen LogP contribution in [0, 0.1) is 0 Å². The molecule has 1 heterocycles. The molecule has 1 aromatic rings. The number of hydrogen-bond acceptors (Lipinski definition) is 3. The molecule has 0 fully saturated rings. The van der Waals surface area contributed by atoms with E-state index in [0.717, 1.165) is 16.9 Å². The van der Waals surface area contributed by atoms with Gasteiger partial charge in [-0.05, 0) is 5.41 Å². The molecule has 0 aliphatic carbocycles. The average Bonchev–Trinajstić information content (AvgIpc) is 2.11. The predicted octanol–water partition coefficient (Wildman–Crippen LogP) is 2.46. The predicted molar refractivity (Wildman–Crippen MR) is 46.3 cm³/mol. The third-order valence-corrected chi connectivity index (χ3v) is 2.32. The zero-order chi connectivity index (χ0) is 8.65.